The zero-order valence-electron chi connectivity index (χ0n) is 11.1. The van der Waals surface area contributed by atoms with E-state index in [4.69, 9.17) is 0 Å². The molecule has 0 aliphatic rings. The van der Waals surface area contributed by atoms with Gasteiger partial charge in [-0.3, -0.25) is 0 Å². The molecule has 0 aliphatic carbocycles. The molecule has 2 aromatic rings. The van der Waals surface area contributed by atoms with Crippen LogP contribution >= 0.6 is 15.9 Å². The highest BCUT2D eigenvalue weighted by molar-refractivity contribution is 9.10. The second kappa shape index (κ2) is 6.31. The van der Waals surface area contributed by atoms with Crippen molar-refractivity contribution in [1.82, 2.24) is 5.32 Å². The molecular weight excluding hydrogens is 305 g/mol. The maximum absolute atomic E-state index is 13.1. The largest absolute Gasteiger partial charge is 0.313 e. The molecule has 0 fully saturated rings. The van der Waals surface area contributed by atoms with E-state index in [1.807, 2.05) is 13.1 Å². The Morgan fingerprint density at radius 3 is 2.63 bits per heavy atom. The van der Waals surface area contributed by atoms with Crippen LogP contribution in [0.3, 0.4) is 0 Å². The molecule has 100 valence electrons. The Bertz CT molecular complexity index is 568. The Balaban J connectivity index is 2.24. The third-order valence-electron chi connectivity index (χ3n) is 3.23. The van der Waals surface area contributed by atoms with Gasteiger partial charge in [-0.25, -0.2) is 4.39 Å². The minimum absolute atomic E-state index is 0.216. The molecule has 19 heavy (non-hydrogen) atoms. The molecule has 1 unspecified atom stereocenters. The molecule has 0 aromatic heterocycles. The van der Waals surface area contributed by atoms with Gasteiger partial charge in [-0.1, -0.05) is 51.8 Å². The molecule has 2 aromatic carbocycles. The van der Waals surface area contributed by atoms with Crippen molar-refractivity contribution in [2.75, 3.05) is 7.05 Å². The van der Waals surface area contributed by atoms with Gasteiger partial charge in [0.2, 0.25) is 0 Å². The molecule has 0 radical (unpaired) electrons. The van der Waals surface area contributed by atoms with Crippen LogP contribution in [0.1, 0.15) is 22.7 Å². The number of hydrogen-bond acceptors (Lipinski definition) is 1. The fourth-order valence-corrected chi connectivity index (χ4v) is 2.69. The van der Waals surface area contributed by atoms with Crippen LogP contribution in [0.25, 0.3) is 0 Å². The lowest BCUT2D eigenvalue weighted by atomic mass is 9.98. The van der Waals surface area contributed by atoms with Crippen molar-refractivity contribution in [3.63, 3.8) is 0 Å². The van der Waals surface area contributed by atoms with Gasteiger partial charge in [0.1, 0.15) is 5.82 Å². The third kappa shape index (κ3) is 3.64. The first-order valence-electron chi connectivity index (χ1n) is 6.28. The first-order valence-corrected chi connectivity index (χ1v) is 7.07. The molecule has 2 rings (SSSR count). The first-order chi connectivity index (χ1) is 9.10. The summed E-state index contributed by atoms with van der Waals surface area (Å²) in [5.74, 6) is -0.216. The Morgan fingerprint density at radius 2 is 2.00 bits per heavy atom. The minimum Gasteiger partial charge on any atom is -0.313 e. The predicted octanol–water partition coefficient (Wildman–Crippen LogP) is 4.40. The average molecular weight is 322 g/mol. The average Bonchev–Trinajstić information content (AvgIpc) is 2.38. The highest BCUT2D eigenvalue weighted by Gasteiger charge is 2.12. The van der Waals surface area contributed by atoms with E-state index >= 15 is 0 Å². The van der Waals surface area contributed by atoms with E-state index in [1.54, 1.807) is 0 Å². The van der Waals surface area contributed by atoms with E-state index in [0.29, 0.717) is 0 Å². The molecule has 1 nitrogen and oxygen atoms in total. The van der Waals surface area contributed by atoms with Crippen LogP contribution in [0.2, 0.25) is 0 Å². The predicted molar refractivity (Wildman–Crippen MR) is 80.8 cm³/mol. The van der Waals surface area contributed by atoms with E-state index in [9.17, 15) is 4.39 Å². The smallest absolute Gasteiger partial charge is 0.124 e. The van der Waals surface area contributed by atoms with Crippen molar-refractivity contribution >= 4 is 15.9 Å². The van der Waals surface area contributed by atoms with Gasteiger partial charge < -0.3 is 5.32 Å². The molecule has 0 heterocycles. The Morgan fingerprint density at radius 1 is 1.21 bits per heavy atom. The fourth-order valence-electron chi connectivity index (χ4n) is 2.18. The van der Waals surface area contributed by atoms with E-state index < -0.39 is 0 Å². The molecule has 0 saturated heterocycles. The van der Waals surface area contributed by atoms with Crippen LogP contribution in [0, 0.1) is 12.7 Å². The quantitative estimate of drug-likeness (QED) is 0.880. The first kappa shape index (κ1) is 14.2. The Labute approximate surface area is 122 Å². The van der Waals surface area contributed by atoms with Gasteiger partial charge in [0, 0.05) is 10.5 Å². The maximum Gasteiger partial charge on any atom is 0.124 e. The Kier molecular flexibility index (Phi) is 4.72. The van der Waals surface area contributed by atoms with Crippen molar-refractivity contribution in [3.8, 4) is 0 Å². The summed E-state index contributed by atoms with van der Waals surface area (Å²) >= 11 is 3.42. The molecule has 0 amide bonds. The molecule has 0 bridgehead atoms. The fraction of sp³-hybridized carbons (Fsp3) is 0.250. The van der Waals surface area contributed by atoms with Crippen molar-refractivity contribution in [1.29, 1.82) is 0 Å². The number of aryl methyl sites for hydroxylation is 1. The Hall–Kier alpha value is -1.19. The number of rotatable bonds is 4. The van der Waals surface area contributed by atoms with Gasteiger partial charge in [0.05, 0.1) is 0 Å². The lowest BCUT2D eigenvalue weighted by Crippen LogP contribution is -2.19. The minimum atomic E-state index is -0.216. The topological polar surface area (TPSA) is 12.0 Å². The zero-order chi connectivity index (χ0) is 13.8. The standard InChI is InChI=1S/C16H17BrFN/c1-11-4-3-5-13(8-11)16(19-2)9-12-6-7-14(18)10-15(12)17/h3-8,10,16,19H,9H2,1-2H3. The molecule has 1 N–H and O–H groups in total. The van der Waals surface area contributed by atoms with Gasteiger partial charge in [-0.15, -0.1) is 0 Å². The van der Waals surface area contributed by atoms with Gasteiger partial charge in [0.25, 0.3) is 0 Å². The van der Waals surface area contributed by atoms with E-state index in [1.165, 1.54) is 23.3 Å². The van der Waals surface area contributed by atoms with E-state index in [2.05, 4.69) is 52.4 Å². The summed E-state index contributed by atoms with van der Waals surface area (Å²) in [7, 11) is 1.95. The number of benzene rings is 2. The normalized spacial score (nSPS) is 12.4. The monoisotopic (exact) mass is 321 g/mol. The summed E-state index contributed by atoms with van der Waals surface area (Å²) in [6.07, 6.45) is 0.820. The number of nitrogens with one attached hydrogen (secondary N) is 1. The second-order valence-corrected chi connectivity index (χ2v) is 5.55. The highest BCUT2D eigenvalue weighted by Crippen LogP contribution is 2.25. The van der Waals surface area contributed by atoms with Crippen LogP contribution in [0.5, 0.6) is 0 Å². The SMILES string of the molecule is CNC(Cc1ccc(F)cc1Br)c1cccc(C)c1. The summed E-state index contributed by atoms with van der Waals surface area (Å²) in [5, 5.41) is 3.32. The van der Waals surface area contributed by atoms with E-state index in [-0.39, 0.29) is 11.9 Å². The molecule has 3 heteroatoms. The van der Waals surface area contributed by atoms with Crippen LogP contribution in [0.15, 0.2) is 46.9 Å². The molecular formula is C16H17BrFN. The molecule has 1 atom stereocenters. The van der Waals surface area contributed by atoms with Crippen molar-refractivity contribution < 1.29 is 4.39 Å². The number of halogens is 2. The van der Waals surface area contributed by atoms with Crippen LogP contribution in [-0.2, 0) is 6.42 Å². The lowest BCUT2D eigenvalue weighted by molar-refractivity contribution is 0.587. The maximum atomic E-state index is 13.1. The lowest BCUT2D eigenvalue weighted by Gasteiger charge is -2.18. The van der Waals surface area contributed by atoms with Gasteiger partial charge in [-0.05, 0) is 43.7 Å². The van der Waals surface area contributed by atoms with Crippen LogP contribution in [0.4, 0.5) is 4.39 Å². The summed E-state index contributed by atoms with van der Waals surface area (Å²) < 4.78 is 13.9. The second-order valence-electron chi connectivity index (χ2n) is 4.70. The van der Waals surface area contributed by atoms with Crippen LogP contribution < -0.4 is 5.32 Å². The summed E-state index contributed by atoms with van der Waals surface area (Å²) in [6.45, 7) is 2.09. The van der Waals surface area contributed by atoms with Crippen molar-refractivity contribution in [2.24, 2.45) is 0 Å². The summed E-state index contributed by atoms with van der Waals surface area (Å²) in [4.78, 5) is 0. The number of hydrogen-bond donors (Lipinski definition) is 1. The van der Waals surface area contributed by atoms with Gasteiger partial charge in [-0.2, -0.15) is 0 Å². The van der Waals surface area contributed by atoms with Crippen molar-refractivity contribution in [3.05, 3.63) is 69.4 Å². The van der Waals surface area contributed by atoms with E-state index in [0.717, 1.165) is 16.5 Å². The van der Waals surface area contributed by atoms with Gasteiger partial charge in [0.15, 0.2) is 0 Å². The summed E-state index contributed by atoms with van der Waals surface area (Å²) in [5.41, 5.74) is 3.59. The summed E-state index contributed by atoms with van der Waals surface area (Å²) in [6, 6.07) is 13.5. The molecule has 0 aliphatic heterocycles. The highest BCUT2D eigenvalue weighted by atomic mass is 79.9. The number of likely N-dealkylation sites (N-methyl/N-ethyl adjacent to an activating group) is 1. The zero-order valence-corrected chi connectivity index (χ0v) is 12.7. The van der Waals surface area contributed by atoms with Crippen LogP contribution in [-0.4, -0.2) is 7.05 Å². The molecule has 0 saturated carbocycles. The molecule has 0 spiro atoms. The van der Waals surface area contributed by atoms with Crippen molar-refractivity contribution in [2.45, 2.75) is 19.4 Å². The third-order valence-corrected chi connectivity index (χ3v) is 3.97. The van der Waals surface area contributed by atoms with Gasteiger partial charge >= 0.3 is 0 Å².